The van der Waals surface area contributed by atoms with E-state index in [4.69, 9.17) is 5.84 Å². The summed E-state index contributed by atoms with van der Waals surface area (Å²) in [7, 11) is -3.02. The van der Waals surface area contributed by atoms with Crippen molar-refractivity contribution in [1.29, 1.82) is 0 Å². The number of hydrogen-bond acceptors (Lipinski definition) is 6. The lowest BCUT2D eigenvalue weighted by Crippen LogP contribution is -2.41. The van der Waals surface area contributed by atoms with Gasteiger partial charge in [0.15, 0.2) is 0 Å². The van der Waals surface area contributed by atoms with E-state index in [0.717, 1.165) is 10.7 Å². The van der Waals surface area contributed by atoms with E-state index in [0.29, 0.717) is 6.42 Å². The molecule has 0 aliphatic rings. The van der Waals surface area contributed by atoms with Crippen LogP contribution in [0.4, 0.5) is 0 Å². The first-order valence-electron chi connectivity index (χ1n) is 4.45. The molecule has 0 saturated carbocycles. The van der Waals surface area contributed by atoms with Crippen molar-refractivity contribution in [2.45, 2.75) is 19.4 Å². The lowest BCUT2D eigenvalue weighted by molar-refractivity contribution is 0.542. The van der Waals surface area contributed by atoms with Crippen molar-refractivity contribution in [2.75, 3.05) is 12.0 Å². The van der Waals surface area contributed by atoms with Crippen molar-refractivity contribution in [3.8, 4) is 0 Å². The Hall–Kier alpha value is -0.500. The summed E-state index contributed by atoms with van der Waals surface area (Å²) in [5, 5.41) is 2.89. The third-order valence-electron chi connectivity index (χ3n) is 1.86. The third-order valence-corrected chi connectivity index (χ3v) is 3.69. The second kappa shape index (κ2) is 5.02. The molecule has 0 aromatic carbocycles. The molecule has 1 aromatic heterocycles. The highest BCUT2D eigenvalue weighted by Crippen LogP contribution is 2.10. The molecule has 1 heterocycles. The molecule has 1 atom stereocenters. The minimum atomic E-state index is -3.02. The van der Waals surface area contributed by atoms with Crippen LogP contribution in [0.3, 0.4) is 0 Å². The van der Waals surface area contributed by atoms with Gasteiger partial charge in [-0.2, -0.15) is 0 Å². The Balaban J connectivity index is 2.62. The van der Waals surface area contributed by atoms with Crippen LogP contribution in [0.5, 0.6) is 0 Å². The van der Waals surface area contributed by atoms with Gasteiger partial charge >= 0.3 is 0 Å². The molecule has 3 N–H and O–H groups in total. The van der Waals surface area contributed by atoms with Gasteiger partial charge in [-0.05, 0) is 6.92 Å². The molecule has 0 fully saturated rings. The number of nitrogens with two attached hydrogens (primary N) is 1. The zero-order chi connectivity index (χ0) is 11.5. The van der Waals surface area contributed by atoms with Crippen LogP contribution in [0, 0.1) is 6.92 Å². The second-order valence-corrected chi connectivity index (χ2v) is 6.77. The number of sulfone groups is 1. The smallest absolute Gasteiger partial charge is 0.149 e. The van der Waals surface area contributed by atoms with Crippen LogP contribution in [-0.2, 0) is 16.3 Å². The molecular weight excluding hydrogens is 234 g/mol. The summed E-state index contributed by atoms with van der Waals surface area (Å²) in [6, 6.07) is -0.276. The Kier molecular flexibility index (Phi) is 4.21. The van der Waals surface area contributed by atoms with Crippen LogP contribution in [0.1, 0.15) is 10.7 Å². The first-order valence-corrected chi connectivity index (χ1v) is 7.39. The molecule has 7 heteroatoms. The molecule has 0 amide bonds. The summed E-state index contributed by atoms with van der Waals surface area (Å²) in [5.74, 6) is 5.32. The Morgan fingerprint density at radius 1 is 1.67 bits per heavy atom. The molecule has 5 nitrogen and oxygen atoms in total. The van der Waals surface area contributed by atoms with Gasteiger partial charge < -0.3 is 0 Å². The highest BCUT2D eigenvalue weighted by Gasteiger charge is 2.15. The number of hydrogen-bond donors (Lipinski definition) is 2. The first kappa shape index (κ1) is 12.6. The standard InChI is InChI=1S/C8H15N3O2S2/c1-6-10-7(4-14-6)3-8(11-9)5-15(2,12)13/h4,8,11H,3,5,9H2,1-2H3. The number of aryl methyl sites for hydroxylation is 1. The highest BCUT2D eigenvalue weighted by atomic mass is 32.2. The van der Waals surface area contributed by atoms with Gasteiger partial charge in [-0.15, -0.1) is 11.3 Å². The predicted octanol–water partition coefficient (Wildman–Crippen LogP) is -0.129. The van der Waals surface area contributed by atoms with Crippen LogP contribution in [0.25, 0.3) is 0 Å². The fourth-order valence-electron chi connectivity index (χ4n) is 1.29. The van der Waals surface area contributed by atoms with Gasteiger partial charge in [-0.25, -0.2) is 13.4 Å². The normalized spacial score (nSPS) is 14.1. The van der Waals surface area contributed by atoms with Crippen LogP contribution in [-0.4, -0.2) is 31.5 Å². The van der Waals surface area contributed by atoms with Gasteiger partial charge in [0.05, 0.1) is 16.5 Å². The van der Waals surface area contributed by atoms with Crippen molar-refractivity contribution in [2.24, 2.45) is 5.84 Å². The van der Waals surface area contributed by atoms with Gasteiger partial charge in [0, 0.05) is 24.1 Å². The van der Waals surface area contributed by atoms with E-state index >= 15 is 0 Å². The monoisotopic (exact) mass is 249 g/mol. The fraction of sp³-hybridized carbons (Fsp3) is 0.625. The topological polar surface area (TPSA) is 85.1 Å². The van der Waals surface area contributed by atoms with E-state index < -0.39 is 9.84 Å². The number of rotatable bonds is 5. The highest BCUT2D eigenvalue weighted by molar-refractivity contribution is 7.90. The number of thiazole rings is 1. The zero-order valence-electron chi connectivity index (χ0n) is 8.73. The van der Waals surface area contributed by atoms with E-state index in [1.807, 2.05) is 12.3 Å². The minimum absolute atomic E-state index is 0.0279. The van der Waals surface area contributed by atoms with Crippen molar-refractivity contribution in [3.05, 3.63) is 16.1 Å². The Morgan fingerprint density at radius 3 is 2.73 bits per heavy atom. The zero-order valence-corrected chi connectivity index (χ0v) is 10.4. The molecule has 0 aliphatic carbocycles. The molecule has 86 valence electrons. The Bertz CT molecular complexity index is 413. The molecule has 0 saturated heterocycles. The summed E-state index contributed by atoms with van der Waals surface area (Å²) in [6.45, 7) is 1.91. The summed E-state index contributed by atoms with van der Waals surface area (Å²) in [6.07, 6.45) is 1.73. The lowest BCUT2D eigenvalue weighted by atomic mass is 10.2. The molecule has 0 aliphatic heterocycles. The van der Waals surface area contributed by atoms with E-state index in [1.165, 1.54) is 6.26 Å². The first-order chi connectivity index (χ1) is 6.90. The lowest BCUT2D eigenvalue weighted by Gasteiger charge is -2.12. The fourth-order valence-corrected chi connectivity index (χ4v) is 2.86. The second-order valence-electron chi connectivity index (χ2n) is 3.52. The maximum atomic E-state index is 11.1. The van der Waals surface area contributed by atoms with Gasteiger partial charge in [0.2, 0.25) is 0 Å². The maximum Gasteiger partial charge on any atom is 0.149 e. The van der Waals surface area contributed by atoms with Crippen LogP contribution >= 0.6 is 11.3 Å². The largest absolute Gasteiger partial charge is 0.271 e. The van der Waals surface area contributed by atoms with Crippen molar-refractivity contribution in [1.82, 2.24) is 10.4 Å². The number of nitrogens with one attached hydrogen (secondary N) is 1. The molecule has 0 spiro atoms. The van der Waals surface area contributed by atoms with Gasteiger partial charge in [-0.3, -0.25) is 11.3 Å². The maximum absolute atomic E-state index is 11.1. The summed E-state index contributed by atoms with van der Waals surface area (Å²) in [4.78, 5) is 4.26. The molecular formula is C8H15N3O2S2. The number of hydrazine groups is 1. The quantitative estimate of drug-likeness (QED) is 0.561. The Morgan fingerprint density at radius 2 is 2.33 bits per heavy atom. The Labute approximate surface area is 93.6 Å². The van der Waals surface area contributed by atoms with Crippen LogP contribution < -0.4 is 11.3 Å². The van der Waals surface area contributed by atoms with Gasteiger partial charge in [-0.1, -0.05) is 0 Å². The van der Waals surface area contributed by atoms with E-state index in [1.54, 1.807) is 11.3 Å². The average Bonchev–Trinajstić information content (AvgIpc) is 2.47. The average molecular weight is 249 g/mol. The molecule has 0 bridgehead atoms. The van der Waals surface area contributed by atoms with Crippen molar-refractivity contribution in [3.63, 3.8) is 0 Å². The van der Waals surface area contributed by atoms with Crippen molar-refractivity contribution < 1.29 is 8.42 Å². The van der Waals surface area contributed by atoms with Gasteiger partial charge in [0.25, 0.3) is 0 Å². The third kappa shape index (κ3) is 4.70. The number of nitrogens with zero attached hydrogens (tertiary/aromatic N) is 1. The SMILES string of the molecule is Cc1nc(CC(CS(C)(=O)=O)NN)cs1. The van der Waals surface area contributed by atoms with E-state index in [-0.39, 0.29) is 11.8 Å². The van der Waals surface area contributed by atoms with Crippen LogP contribution in [0.2, 0.25) is 0 Å². The molecule has 1 rings (SSSR count). The van der Waals surface area contributed by atoms with Crippen molar-refractivity contribution >= 4 is 21.2 Å². The predicted molar refractivity (Wildman–Crippen MR) is 61.4 cm³/mol. The molecule has 1 aromatic rings. The summed E-state index contributed by atoms with van der Waals surface area (Å²) in [5.41, 5.74) is 3.38. The van der Waals surface area contributed by atoms with E-state index in [2.05, 4.69) is 10.4 Å². The van der Waals surface area contributed by atoms with Gasteiger partial charge in [0.1, 0.15) is 9.84 Å². The number of aromatic nitrogens is 1. The minimum Gasteiger partial charge on any atom is -0.271 e. The van der Waals surface area contributed by atoms with E-state index in [9.17, 15) is 8.42 Å². The molecule has 1 unspecified atom stereocenters. The molecule has 0 radical (unpaired) electrons. The van der Waals surface area contributed by atoms with Crippen LogP contribution in [0.15, 0.2) is 5.38 Å². The molecule has 15 heavy (non-hydrogen) atoms. The summed E-state index contributed by atoms with van der Waals surface area (Å²) < 4.78 is 22.2. The summed E-state index contributed by atoms with van der Waals surface area (Å²) >= 11 is 1.55.